The van der Waals surface area contributed by atoms with E-state index in [1.165, 1.54) is 0 Å². The van der Waals surface area contributed by atoms with Gasteiger partial charge in [-0.1, -0.05) is 5.11 Å². The van der Waals surface area contributed by atoms with Gasteiger partial charge in [-0.3, -0.25) is 4.79 Å². The Bertz CT molecular complexity index is 253. The van der Waals surface area contributed by atoms with Gasteiger partial charge in [0, 0.05) is 44.1 Å². The third-order valence-electron chi connectivity index (χ3n) is 2.57. The van der Waals surface area contributed by atoms with Gasteiger partial charge in [-0.2, -0.15) is 0 Å². The molecule has 0 aromatic rings. The van der Waals surface area contributed by atoms with Gasteiger partial charge in [0.1, 0.15) is 0 Å². The largest absolute Gasteiger partial charge is 0.354 e. The van der Waals surface area contributed by atoms with Gasteiger partial charge in [0.15, 0.2) is 0 Å². The second-order valence-electron chi connectivity index (χ2n) is 3.77. The van der Waals surface area contributed by atoms with E-state index < -0.39 is 0 Å². The number of carbonyl (C=O) groups excluding carboxylic acids is 1. The molecule has 0 atom stereocenters. The summed E-state index contributed by atoms with van der Waals surface area (Å²) in [6.07, 6.45) is 1.96. The summed E-state index contributed by atoms with van der Waals surface area (Å²) in [5.74, 6) is 0.0440. The molecule has 1 fully saturated rings. The molecule has 0 spiro atoms. The summed E-state index contributed by atoms with van der Waals surface area (Å²) in [5.41, 5.74) is 8.13. The fourth-order valence-corrected chi connectivity index (χ4v) is 1.82. The topological polar surface area (TPSA) is 81.1 Å². The lowest BCUT2D eigenvalue weighted by Crippen LogP contribution is -2.44. The lowest BCUT2D eigenvalue weighted by Gasteiger charge is -2.31. The van der Waals surface area contributed by atoms with Crippen LogP contribution in [0.15, 0.2) is 5.11 Å². The minimum absolute atomic E-state index is 0.0440. The molecule has 6 nitrogen and oxygen atoms in total. The first-order valence-corrected chi connectivity index (χ1v) is 5.22. The second-order valence-corrected chi connectivity index (χ2v) is 3.77. The zero-order valence-corrected chi connectivity index (χ0v) is 9.02. The molecule has 1 N–H and O–H groups in total. The summed E-state index contributed by atoms with van der Waals surface area (Å²) in [4.78, 5) is 15.8. The highest BCUT2D eigenvalue weighted by atomic mass is 16.1. The van der Waals surface area contributed by atoms with Gasteiger partial charge in [-0.05, 0) is 18.4 Å². The standard InChI is InChI=1S/C9H17N5O/c1-8(15)12-9-2-5-14(6-3-9)7-4-11-13-10/h9H,2-7H2,1H3,(H,12,15). The van der Waals surface area contributed by atoms with Crippen LogP contribution in [0.4, 0.5) is 0 Å². The van der Waals surface area contributed by atoms with Gasteiger partial charge < -0.3 is 10.2 Å². The van der Waals surface area contributed by atoms with Crippen LogP contribution in [0.25, 0.3) is 10.4 Å². The maximum Gasteiger partial charge on any atom is 0.217 e. The van der Waals surface area contributed by atoms with Crippen molar-refractivity contribution in [2.75, 3.05) is 26.2 Å². The van der Waals surface area contributed by atoms with Crippen molar-refractivity contribution in [3.05, 3.63) is 10.4 Å². The van der Waals surface area contributed by atoms with Gasteiger partial charge in [0.25, 0.3) is 0 Å². The third-order valence-corrected chi connectivity index (χ3v) is 2.57. The van der Waals surface area contributed by atoms with Gasteiger partial charge in [-0.25, -0.2) is 0 Å². The first-order valence-electron chi connectivity index (χ1n) is 5.22. The Morgan fingerprint density at radius 2 is 2.27 bits per heavy atom. The van der Waals surface area contributed by atoms with E-state index in [2.05, 4.69) is 20.2 Å². The van der Waals surface area contributed by atoms with E-state index in [0.717, 1.165) is 32.5 Å². The molecule has 1 aliphatic rings. The van der Waals surface area contributed by atoms with Crippen LogP contribution in [0.5, 0.6) is 0 Å². The number of piperidine rings is 1. The number of rotatable bonds is 4. The molecule has 84 valence electrons. The fourth-order valence-electron chi connectivity index (χ4n) is 1.82. The van der Waals surface area contributed by atoms with E-state index in [1.807, 2.05) is 0 Å². The monoisotopic (exact) mass is 211 g/mol. The summed E-state index contributed by atoms with van der Waals surface area (Å²) in [5, 5.41) is 6.42. The van der Waals surface area contributed by atoms with Crippen molar-refractivity contribution in [3.8, 4) is 0 Å². The van der Waals surface area contributed by atoms with Crippen molar-refractivity contribution in [1.82, 2.24) is 10.2 Å². The predicted octanol–water partition coefficient (Wildman–Crippen LogP) is 0.897. The van der Waals surface area contributed by atoms with Crippen molar-refractivity contribution in [3.63, 3.8) is 0 Å². The highest BCUT2D eigenvalue weighted by Gasteiger charge is 2.18. The van der Waals surface area contributed by atoms with E-state index in [4.69, 9.17) is 5.53 Å². The number of hydrogen-bond acceptors (Lipinski definition) is 3. The van der Waals surface area contributed by atoms with E-state index in [9.17, 15) is 4.79 Å². The van der Waals surface area contributed by atoms with Crippen LogP contribution < -0.4 is 5.32 Å². The lowest BCUT2D eigenvalue weighted by molar-refractivity contribution is -0.119. The van der Waals surface area contributed by atoms with Crippen molar-refractivity contribution in [2.24, 2.45) is 5.11 Å². The molecule has 0 aromatic heterocycles. The zero-order valence-electron chi connectivity index (χ0n) is 9.02. The van der Waals surface area contributed by atoms with Crippen molar-refractivity contribution < 1.29 is 4.79 Å². The maximum absolute atomic E-state index is 10.8. The normalized spacial score (nSPS) is 18.2. The molecular weight excluding hydrogens is 194 g/mol. The molecule has 1 aliphatic heterocycles. The molecule has 0 aromatic carbocycles. The Morgan fingerprint density at radius 3 is 2.80 bits per heavy atom. The maximum atomic E-state index is 10.8. The third kappa shape index (κ3) is 4.67. The van der Waals surface area contributed by atoms with Crippen LogP contribution in [-0.4, -0.2) is 43.0 Å². The molecular formula is C9H17N5O. The Hall–Kier alpha value is -1.26. The Balaban J connectivity index is 2.17. The number of hydrogen-bond donors (Lipinski definition) is 1. The van der Waals surface area contributed by atoms with Gasteiger partial charge in [0.05, 0.1) is 0 Å². The van der Waals surface area contributed by atoms with Crippen LogP contribution in [0, 0.1) is 0 Å². The number of likely N-dealkylation sites (tertiary alicyclic amines) is 1. The van der Waals surface area contributed by atoms with Crippen molar-refractivity contribution >= 4 is 5.91 Å². The summed E-state index contributed by atoms with van der Waals surface area (Å²) >= 11 is 0. The highest BCUT2D eigenvalue weighted by molar-refractivity contribution is 5.73. The van der Waals surface area contributed by atoms with E-state index >= 15 is 0 Å². The van der Waals surface area contributed by atoms with Gasteiger partial charge in [0.2, 0.25) is 5.91 Å². The van der Waals surface area contributed by atoms with E-state index in [1.54, 1.807) is 6.92 Å². The summed E-state index contributed by atoms with van der Waals surface area (Å²) in [6, 6.07) is 0.318. The quantitative estimate of drug-likeness (QED) is 0.426. The SMILES string of the molecule is CC(=O)NC1CCN(CCN=[N+]=[N-])CC1. The summed E-state index contributed by atoms with van der Waals surface area (Å²) < 4.78 is 0. The highest BCUT2D eigenvalue weighted by Crippen LogP contribution is 2.09. The molecule has 0 unspecified atom stereocenters. The second kappa shape index (κ2) is 6.27. The minimum atomic E-state index is 0.0440. The number of amides is 1. The average Bonchev–Trinajstić information content (AvgIpc) is 2.20. The first-order chi connectivity index (χ1) is 7.22. The molecule has 6 heteroatoms. The smallest absolute Gasteiger partial charge is 0.217 e. The Kier molecular flexibility index (Phi) is 4.93. The van der Waals surface area contributed by atoms with Crippen LogP contribution >= 0.6 is 0 Å². The molecule has 1 heterocycles. The lowest BCUT2D eigenvalue weighted by atomic mass is 10.1. The molecule has 0 saturated carbocycles. The van der Waals surface area contributed by atoms with Crippen molar-refractivity contribution in [2.45, 2.75) is 25.8 Å². The molecule has 0 aliphatic carbocycles. The summed E-state index contributed by atoms with van der Waals surface area (Å²) in [6.45, 7) is 4.82. The molecule has 15 heavy (non-hydrogen) atoms. The minimum Gasteiger partial charge on any atom is -0.354 e. The van der Waals surface area contributed by atoms with Crippen LogP contribution in [0.2, 0.25) is 0 Å². The number of carbonyl (C=O) groups is 1. The van der Waals surface area contributed by atoms with Crippen molar-refractivity contribution in [1.29, 1.82) is 0 Å². The van der Waals surface area contributed by atoms with E-state index in [0.29, 0.717) is 12.6 Å². The molecule has 1 amide bonds. The van der Waals surface area contributed by atoms with Gasteiger partial charge in [-0.15, -0.1) is 0 Å². The first kappa shape index (κ1) is 11.8. The number of azide groups is 1. The predicted molar refractivity (Wildman–Crippen MR) is 57.3 cm³/mol. The summed E-state index contributed by atoms with van der Waals surface area (Å²) in [7, 11) is 0. The molecule has 1 rings (SSSR count). The van der Waals surface area contributed by atoms with Crippen LogP contribution in [0.1, 0.15) is 19.8 Å². The van der Waals surface area contributed by atoms with E-state index in [-0.39, 0.29) is 5.91 Å². The van der Waals surface area contributed by atoms with Crippen LogP contribution in [0.3, 0.4) is 0 Å². The Labute approximate surface area is 89.3 Å². The number of nitrogens with zero attached hydrogens (tertiary/aromatic N) is 4. The number of nitrogens with one attached hydrogen (secondary N) is 1. The zero-order chi connectivity index (χ0) is 11.1. The van der Waals surface area contributed by atoms with Crippen LogP contribution in [-0.2, 0) is 4.79 Å². The van der Waals surface area contributed by atoms with Gasteiger partial charge >= 0.3 is 0 Å². The molecule has 1 saturated heterocycles. The average molecular weight is 211 g/mol. The Morgan fingerprint density at radius 1 is 1.60 bits per heavy atom. The fraction of sp³-hybridized carbons (Fsp3) is 0.889. The molecule has 0 bridgehead atoms. The molecule has 0 radical (unpaired) electrons.